The summed E-state index contributed by atoms with van der Waals surface area (Å²) >= 11 is 0. The summed E-state index contributed by atoms with van der Waals surface area (Å²) in [5, 5.41) is 3.17. The smallest absolute Gasteiger partial charge is 0.385 e. The van der Waals surface area contributed by atoms with E-state index in [0.29, 0.717) is 0 Å². The van der Waals surface area contributed by atoms with E-state index in [1.54, 1.807) is 0 Å². The van der Waals surface area contributed by atoms with Gasteiger partial charge in [0.1, 0.15) is 0 Å². The second-order valence-electron chi connectivity index (χ2n) is 4.98. The SMILES string of the molecule is FC(F)(F)c1ccc2c(c1)[C@@H](c1ccccc1)CCN2. The Morgan fingerprint density at radius 3 is 2.45 bits per heavy atom. The summed E-state index contributed by atoms with van der Waals surface area (Å²) in [6.07, 6.45) is -3.49. The van der Waals surface area contributed by atoms with Crippen molar-refractivity contribution in [1.29, 1.82) is 0 Å². The highest BCUT2D eigenvalue weighted by molar-refractivity contribution is 5.59. The molecule has 0 aromatic heterocycles. The summed E-state index contributed by atoms with van der Waals surface area (Å²) in [6.45, 7) is 0.776. The van der Waals surface area contributed by atoms with Gasteiger partial charge in [0.15, 0.2) is 0 Å². The van der Waals surface area contributed by atoms with Gasteiger partial charge in [-0.1, -0.05) is 30.3 Å². The number of anilines is 1. The largest absolute Gasteiger partial charge is 0.416 e. The second kappa shape index (κ2) is 4.85. The topological polar surface area (TPSA) is 12.0 Å². The lowest BCUT2D eigenvalue weighted by atomic mass is 9.84. The van der Waals surface area contributed by atoms with Crippen LogP contribution >= 0.6 is 0 Å². The fraction of sp³-hybridized carbons (Fsp3) is 0.250. The molecule has 0 saturated carbocycles. The van der Waals surface area contributed by atoms with Crippen molar-refractivity contribution in [2.75, 3.05) is 11.9 Å². The Kier molecular flexibility index (Phi) is 3.16. The van der Waals surface area contributed by atoms with Gasteiger partial charge in [0.2, 0.25) is 0 Å². The Labute approximate surface area is 115 Å². The quantitative estimate of drug-likeness (QED) is 0.799. The Morgan fingerprint density at radius 1 is 1.00 bits per heavy atom. The first kappa shape index (κ1) is 13.0. The lowest BCUT2D eigenvalue weighted by Gasteiger charge is -2.28. The molecule has 0 bridgehead atoms. The van der Waals surface area contributed by atoms with Crippen molar-refractivity contribution < 1.29 is 13.2 Å². The molecule has 0 unspecified atom stereocenters. The van der Waals surface area contributed by atoms with Gasteiger partial charge >= 0.3 is 6.18 Å². The summed E-state index contributed by atoms with van der Waals surface area (Å²) in [5.74, 6) is 0.0229. The molecule has 1 N–H and O–H groups in total. The van der Waals surface area contributed by atoms with Crippen LogP contribution < -0.4 is 5.32 Å². The summed E-state index contributed by atoms with van der Waals surface area (Å²) < 4.78 is 38.6. The van der Waals surface area contributed by atoms with E-state index < -0.39 is 11.7 Å². The normalized spacial score (nSPS) is 18.2. The molecule has 2 aromatic rings. The molecule has 0 aliphatic carbocycles. The van der Waals surface area contributed by atoms with Crippen LogP contribution in [0.25, 0.3) is 0 Å². The maximum Gasteiger partial charge on any atom is 0.416 e. The first-order chi connectivity index (χ1) is 9.55. The summed E-state index contributed by atoms with van der Waals surface area (Å²) in [7, 11) is 0. The third kappa shape index (κ3) is 2.38. The molecule has 2 aromatic carbocycles. The fourth-order valence-corrected chi connectivity index (χ4v) is 2.73. The van der Waals surface area contributed by atoms with Crippen molar-refractivity contribution in [1.82, 2.24) is 0 Å². The van der Waals surface area contributed by atoms with E-state index in [0.717, 1.165) is 35.8 Å². The van der Waals surface area contributed by atoms with Crippen LogP contribution in [0.2, 0.25) is 0 Å². The van der Waals surface area contributed by atoms with E-state index in [9.17, 15) is 13.2 Å². The van der Waals surface area contributed by atoms with E-state index in [1.807, 2.05) is 30.3 Å². The standard InChI is InChI=1S/C16H14F3N/c17-16(18,19)12-6-7-15-14(10-12)13(8-9-20-15)11-4-2-1-3-5-11/h1-7,10,13,20H,8-9H2/t13-/m1/s1. The Hall–Kier alpha value is -1.97. The highest BCUT2D eigenvalue weighted by Crippen LogP contribution is 2.40. The zero-order valence-electron chi connectivity index (χ0n) is 10.7. The van der Waals surface area contributed by atoms with Crippen molar-refractivity contribution in [2.24, 2.45) is 0 Å². The van der Waals surface area contributed by atoms with Gasteiger partial charge in [-0.05, 0) is 35.7 Å². The monoisotopic (exact) mass is 277 g/mol. The molecule has 4 heteroatoms. The summed E-state index contributed by atoms with van der Waals surface area (Å²) in [6, 6.07) is 13.7. The van der Waals surface area contributed by atoms with Gasteiger partial charge in [-0.15, -0.1) is 0 Å². The lowest BCUT2D eigenvalue weighted by Crippen LogP contribution is -2.19. The van der Waals surface area contributed by atoms with Crippen LogP contribution in [0.15, 0.2) is 48.5 Å². The molecular formula is C16H14F3N. The van der Waals surface area contributed by atoms with Gasteiger partial charge in [-0.2, -0.15) is 13.2 Å². The summed E-state index contributed by atoms with van der Waals surface area (Å²) in [4.78, 5) is 0. The number of hydrogen-bond donors (Lipinski definition) is 1. The Balaban J connectivity index is 2.07. The Bertz CT molecular complexity index is 605. The maximum absolute atomic E-state index is 12.9. The maximum atomic E-state index is 12.9. The number of alkyl halides is 3. The number of fused-ring (bicyclic) bond motifs is 1. The molecule has 1 atom stereocenters. The second-order valence-corrected chi connectivity index (χ2v) is 4.98. The predicted molar refractivity (Wildman–Crippen MR) is 72.8 cm³/mol. The Morgan fingerprint density at radius 2 is 1.75 bits per heavy atom. The van der Waals surface area contributed by atoms with Crippen LogP contribution in [-0.4, -0.2) is 6.54 Å². The third-order valence-electron chi connectivity index (χ3n) is 3.70. The number of rotatable bonds is 1. The minimum atomic E-state index is -4.30. The van der Waals surface area contributed by atoms with Crippen molar-refractivity contribution in [3.63, 3.8) is 0 Å². The highest BCUT2D eigenvalue weighted by atomic mass is 19.4. The predicted octanol–water partition coefficient (Wildman–Crippen LogP) is 4.65. The van der Waals surface area contributed by atoms with Crippen molar-refractivity contribution in [2.45, 2.75) is 18.5 Å². The zero-order valence-corrected chi connectivity index (χ0v) is 10.7. The van der Waals surface area contributed by atoms with Crippen LogP contribution in [0.4, 0.5) is 18.9 Å². The fourth-order valence-electron chi connectivity index (χ4n) is 2.73. The molecular weight excluding hydrogens is 263 g/mol. The number of benzene rings is 2. The van der Waals surface area contributed by atoms with Crippen molar-refractivity contribution in [3.05, 3.63) is 65.2 Å². The van der Waals surface area contributed by atoms with Crippen LogP contribution in [0.1, 0.15) is 29.0 Å². The number of hydrogen-bond acceptors (Lipinski definition) is 1. The van der Waals surface area contributed by atoms with Gasteiger partial charge < -0.3 is 5.32 Å². The molecule has 0 amide bonds. The number of nitrogens with one attached hydrogen (secondary N) is 1. The van der Waals surface area contributed by atoms with E-state index in [-0.39, 0.29) is 5.92 Å². The minimum absolute atomic E-state index is 0.0229. The summed E-state index contributed by atoms with van der Waals surface area (Å²) in [5.41, 5.74) is 2.02. The molecule has 20 heavy (non-hydrogen) atoms. The van der Waals surface area contributed by atoms with Crippen LogP contribution in [0.5, 0.6) is 0 Å². The van der Waals surface area contributed by atoms with Crippen LogP contribution in [0, 0.1) is 0 Å². The first-order valence-corrected chi connectivity index (χ1v) is 6.55. The molecule has 0 fully saturated rings. The van der Waals surface area contributed by atoms with Crippen molar-refractivity contribution >= 4 is 5.69 Å². The minimum Gasteiger partial charge on any atom is -0.385 e. The molecule has 104 valence electrons. The number of halogens is 3. The van der Waals surface area contributed by atoms with Gasteiger partial charge in [0.25, 0.3) is 0 Å². The third-order valence-corrected chi connectivity index (χ3v) is 3.70. The molecule has 3 rings (SSSR count). The van der Waals surface area contributed by atoms with E-state index >= 15 is 0 Å². The van der Waals surface area contributed by atoms with E-state index in [1.165, 1.54) is 12.1 Å². The average Bonchev–Trinajstić information content (AvgIpc) is 2.46. The molecule has 0 radical (unpaired) electrons. The van der Waals surface area contributed by atoms with E-state index in [2.05, 4.69) is 5.32 Å². The molecule has 0 spiro atoms. The van der Waals surface area contributed by atoms with Crippen molar-refractivity contribution in [3.8, 4) is 0 Å². The van der Waals surface area contributed by atoms with Crippen LogP contribution in [-0.2, 0) is 6.18 Å². The highest BCUT2D eigenvalue weighted by Gasteiger charge is 2.32. The van der Waals surface area contributed by atoms with Crippen LogP contribution in [0.3, 0.4) is 0 Å². The zero-order chi connectivity index (χ0) is 14.2. The molecule has 1 nitrogen and oxygen atoms in total. The molecule has 1 aliphatic heterocycles. The first-order valence-electron chi connectivity index (χ1n) is 6.55. The molecule has 0 saturated heterocycles. The van der Waals surface area contributed by atoms with Gasteiger partial charge in [-0.25, -0.2) is 0 Å². The lowest BCUT2D eigenvalue weighted by molar-refractivity contribution is -0.137. The van der Waals surface area contributed by atoms with Gasteiger partial charge in [0.05, 0.1) is 5.56 Å². The van der Waals surface area contributed by atoms with Gasteiger partial charge in [-0.3, -0.25) is 0 Å². The molecule has 1 aliphatic rings. The average molecular weight is 277 g/mol. The van der Waals surface area contributed by atoms with Gasteiger partial charge in [0, 0.05) is 18.2 Å². The molecule has 1 heterocycles. The van der Waals surface area contributed by atoms with E-state index in [4.69, 9.17) is 0 Å².